The fourth-order valence-electron chi connectivity index (χ4n) is 0.858. The van der Waals surface area contributed by atoms with E-state index in [1.54, 1.807) is 0 Å². The summed E-state index contributed by atoms with van der Waals surface area (Å²) in [5.74, 6) is 0. The number of hydrogen-bond acceptors (Lipinski definition) is 2. The third-order valence-corrected chi connectivity index (χ3v) is 3.03. The van der Waals surface area contributed by atoms with Crippen LogP contribution in [0.3, 0.4) is 0 Å². The quantitative estimate of drug-likeness (QED) is 0.664. The van der Waals surface area contributed by atoms with Crippen molar-refractivity contribution in [3.8, 4) is 0 Å². The van der Waals surface area contributed by atoms with E-state index in [4.69, 9.17) is 0 Å². The van der Waals surface area contributed by atoms with Gasteiger partial charge in [0.1, 0.15) is 0 Å². The zero-order valence-electron chi connectivity index (χ0n) is 6.13. The summed E-state index contributed by atoms with van der Waals surface area (Å²) in [5, 5.41) is 2.10. The van der Waals surface area contributed by atoms with Gasteiger partial charge in [-0.3, -0.25) is 0 Å². The number of thiol groups is 1. The van der Waals surface area contributed by atoms with Crippen LogP contribution < -0.4 is 0 Å². The number of aryl methyl sites for hydroxylation is 1. The minimum Gasteiger partial charge on any atom is -0.148 e. The lowest BCUT2D eigenvalue weighted by molar-refractivity contribution is 0.797. The van der Waals surface area contributed by atoms with Crippen molar-refractivity contribution in [1.82, 2.24) is 0 Å². The molecule has 10 heavy (non-hydrogen) atoms. The van der Waals surface area contributed by atoms with Gasteiger partial charge in [-0.2, -0.15) is 0 Å². The number of thiophene rings is 1. The van der Waals surface area contributed by atoms with Crippen LogP contribution in [0.5, 0.6) is 0 Å². The summed E-state index contributed by atoms with van der Waals surface area (Å²) in [7, 11) is 0. The number of hydrogen-bond donors (Lipinski definition) is 1. The van der Waals surface area contributed by atoms with E-state index in [0.29, 0.717) is 0 Å². The van der Waals surface area contributed by atoms with E-state index in [1.807, 2.05) is 11.3 Å². The van der Waals surface area contributed by atoms with Crippen LogP contribution >= 0.6 is 24.0 Å². The molecule has 0 nitrogen and oxygen atoms in total. The fourth-order valence-corrected chi connectivity index (χ4v) is 2.12. The lowest BCUT2D eigenvalue weighted by atomic mass is 10.2. The lowest BCUT2D eigenvalue weighted by Crippen LogP contribution is -1.78. The highest BCUT2D eigenvalue weighted by atomic mass is 32.1. The van der Waals surface area contributed by atoms with E-state index in [0.717, 1.165) is 0 Å². The molecular formula is C8H12S2. The average Bonchev–Trinajstić information content (AvgIpc) is 2.31. The van der Waals surface area contributed by atoms with Crippen molar-refractivity contribution in [2.45, 2.75) is 31.1 Å². The second kappa shape index (κ2) is 4.04. The van der Waals surface area contributed by atoms with E-state index in [9.17, 15) is 0 Å². The third kappa shape index (κ3) is 2.03. The Balaban J connectivity index is 2.49. The molecule has 0 spiro atoms. The highest BCUT2D eigenvalue weighted by molar-refractivity contribution is 7.80. The smallest absolute Gasteiger partial charge is 0.0179 e. The van der Waals surface area contributed by atoms with Crippen LogP contribution in [0, 0.1) is 0 Å². The first kappa shape index (κ1) is 8.15. The molecule has 0 amide bonds. The molecule has 0 aliphatic heterocycles. The molecule has 2 heteroatoms. The average molecular weight is 172 g/mol. The number of rotatable bonds is 3. The van der Waals surface area contributed by atoms with E-state index in [1.165, 1.54) is 29.0 Å². The van der Waals surface area contributed by atoms with Crippen LogP contribution in [0.1, 0.15) is 24.6 Å². The molecule has 0 aromatic carbocycles. The van der Waals surface area contributed by atoms with Crippen molar-refractivity contribution in [2.24, 2.45) is 0 Å². The van der Waals surface area contributed by atoms with Gasteiger partial charge in [-0.15, -0.1) is 24.0 Å². The molecular weight excluding hydrogens is 160 g/mol. The minimum atomic E-state index is 1.17. The molecule has 0 N–H and O–H groups in total. The summed E-state index contributed by atoms with van der Waals surface area (Å²) >= 11 is 6.15. The van der Waals surface area contributed by atoms with Crippen LogP contribution in [0.25, 0.3) is 0 Å². The summed E-state index contributed by atoms with van der Waals surface area (Å²) < 4.78 is 0. The van der Waals surface area contributed by atoms with Crippen molar-refractivity contribution in [3.63, 3.8) is 0 Å². The van der Waals surface area contributed by atoms with Crippen LogP contribution in [-0.2, 0) is 6.42 Å². The maximum Gasteiger partial charge on any atom is 0.0179 e. The Morgan fingerprint density at radius 1 is 1.60 bits per heavy atom. The molecule has 1 heterocycles. The summed E-state index contributed by atoms with van der Waals surface area (Å²) in [6.45, 7) is 2.21. The second-order valence-corrected chi connectivity index (χ2v) is 3.82. The molecule has 0 aliphatic rings. The maximum absolute atomic E-state index is 4.33. The van der Waals surface area contributed by atoms with Gasteiger partial charge in [0.15, 0.2) is 0 Å². The molecule has 0 radical (unpaired) electrons. The minimum absolute atomic E-state index is 1.17. The fraction of sp³-hybridized carbons (Fsp3) is 0.500. The molecule has 1 aromatic heterocycles. The molecule has 0 saturated carbocycles. The summed E-state index contributed by atoms with van der Waals surface area (Å²) in [4.78, 5) is 2.60. The summed E-state index contributed by atoms with van der Waals surface area (Å²) in [6.07, 6.45) is 3.76. The largest absolute Gasteiger partial charge is 0.148 e. The highest BCUT2D eigenvalue weighted by Gasteiger charge is 1.97. The standard InChI is InChI=1S/C8H12S2/c1-2-3-4-8-7(9)5-6-10-8/h5-6,9H,2-4H2,1H3. The Hall–Kier alpha value is 0.0500. The zero-order valence-corrected chi connectivity index (χ0v) is 7.84. The second-order valence-electron chi connectivity index (χ2n) is 2.33. The van der Waals surface area contributed by atoms with Crippen molar-refractivity contribution < 1.29 is 0 Å². The molecule has 56 valence electrons. The lowest BCUT2D eigenvalue weighted by Gasteiger charge is -1.94. The molecule has 0 aliphatic carbocycles. The first-order valence-electron chi connectivity index (χ1n) is 3.60. The van der Waals surface area contributed by atoms with E-state index < -0.39 is 0 Å². The van der Waals surface area contributed by atoms with Crippen LogP contribution in [0.15, 0.2) is 16.3 Å². The van der Waals surface area contributed by atoms with Gasteiger partial charge < -0.3 is 0 Å². The SMILES string of the molecule is CCCCc1sccc1S. The molecule has 0 unspecified atom stereocenters. The first-order valence-corrected chi connectivity index (χ1v) is 4.92. The predicted octanol–water partition coefficient (Wildman–Crippen LogP) is 3.38. The normalized spacial score (nSPS) is 10.2. The summed E-state index contributed by atoms with van der Waals surface area (Å²) in [5.41, 5.74) is 0. The third-order valence-electron chi connectivity index (χ3n) is 1.48. The Kier molecular flexibility index (Phi) is 3.29. The Morgan fingerprint density at radius 2 is 2.40 bits per heavy atom. The van der Waals surface area contributed by atoms with E-state index >= 15 is 0 Å². The van der Waals surface area contributed by atoms with Gasteiger partial charge in [0, 0.05) is 9.77 Å². The number of unbranched alkanes of at least 4 members (excludes halogenated alkanes) is 1. The molecule has 0 atom stereocenters. The monoisotopic (exact) mass is 172 g/mol. The van der Waals surface area contributed by atoms with Crippen LogP contribution in [0.2, 0.25) is 0 Å². The predicted molar refractivity (Wildman–Crippen MR) is 50.2 cm³/mol. The van der Waals surface area contributed by atoms with Crippen LogP contribution in [0.4, 0.5) is 0 Å². The van der Waals surface area contributed by atoms with E-state index in [2.05, 4.69) is 31.0 Å². The van der Waals surface area contributed by atoms with Gasteiger partial charge >= 0.3 is 0 Å². The Bertz CT molecular complexity index is 191. The Labute approximate surface area is 71.7 Å². The maximum atomic E-state index is 4.33. The summed E-state index contributed by atoms with van der Waals surface area (Å²) in [6, 6.07) is 2.07. The molecule has 0 fully saturated rings. The van der Waals surface area contributed by atoms with Gasteiger partial charge in [0.2, 0.25) is 0 Å². The molecule has 1 rings (SSSR count). The van der Waals surface area contributed by atoms with Gasteiger partial charge in [-0.1, -0.05) is 13.3 Å². The molecule has 0 bridgehead atoms. The topological polar surface area (TPSA) is 0 Å². The highest BCUT2D eigenvalue weighted by Crippen LogP contribution is 2.21. The van der Waals surface area contributed by atoms with Gasteiger partial charge in [-0.05, 0) is 24.3 Å². The van der Waals surface area contributed by atoms with Crippen molar-refractivity contribution in [3.05, 3.63) is 16.3 Å². The first-order chi connectivity index (χ1) is 4.84. The van der Waals surface area contributed by atoms with Gasteiger partial charge in [0.25, 0.3) is 0 Å². The molecule has 0 saturated heterocycles. The van der Waals surface area contributed by atoms with Gasteiger partial charge in [0.05, 0.1) is 0 Å². The van der Waals surface area contributed by atoms with Crippen molar-refractivity contribution in [2.75, 3.05) is 0 Å². The van der Waals surface area contributed by atoms with Gasteiger partial charge in [-0.25, -0.2) is 0 Å². The van der Waals surface area contributed by atoms with Crippen LogP contribution in [-0.4, -0.2) is 0 Å². The van der Waals surface area contributed by atoms with Crippen molar-refractivity contribution in [1.29, 1.82) is 0 Å². The van der Waals surface area contributed by atoms with E-state index in [-0.39, 0.29) is 0 Å². The molecule has 1 aromatic rings. The Morgan fingerprint density at radius 3 is 2.90 bits per heavy atom. The van der Waals surface area contributed by atoms with Crippen molar-refractivity contribution >= 4 is 24.0 Å². The zero-order chi connectivity index (χ0) is 7.40.